The lowest BCUT2D eigenvalue weighted by Crippen LogP contribution is -2.39. The molecule has 0 saturated carbocycles. The third kappa shape index (κ3) is 8.04. The summed E-state index contributed by atoms with van der Waals surface area (Å²) in [5.41, 5.74) is -0.791. The molecule has 0 aromatic heterocycles. The largest absolute Gasteiger partial charge is 0.400 e. The first kappa shape index (κ1) is 15.8. The van der Waals surface area contributed by atoms with Gasteiger partial charge in [0.05, 0.1) is 12.7 Å². The van der Waals surface area contributed by atoms with Gasteiger partial charge in [-0.2, -0.15) is 8.42 Å². The Hall–Kier alpha value is -0.170. The quantitative estimate of drug-likeness (QED) is 0.630. The number of unbranched alkanes of at least 4 members (excludes halogenated alkanes) is 2. The molecule has 6 heteroatoms. The first-order chi connectivity index (χ1) is 7.33. The molecular formula is C10H23NO4S. The molecule has 16 heavy (non-hydrogen) atoms. The second-order valence-corrected chi connectivity index (χ2v) is 5.62. The molecule has 0 aromatic rings. The molecule has 0 heterocycles. The van der Waals surface area contributed by atoms with Crippen LogP contribution in [0.3, 0.4) is 0 Å². The second kappa shape index (κ2) is 7.21. The van der Waals surface area contributed by atoms with Crippen molar-refractivity contribution in [1.29, 1.82) is 0 Å². The van der Waals surface area contributed by atoms with E-state index in [1.807, 2.05) is 0 Å². The van der Waals surface area contributed by atoms with Gasteiger partial charge in [0.1, 0.15) is 0 Å². The standard InChI is InChI=1S/C10H23NO4S/c1-5-6-7-8-11-9-10(2,3)15-16(12,13)14-4/h11H,5-9H2,1-4H3. The van der Waals surface area contributed by atoms with Crippen molar-refractivity contribution in [3.8, 4) is 0 Å². The van der Waals surface area contributed by atoms with E-state index < -0.39 is 16.0 Å². The Morgan fingerprint density at radius 2 is 1.88 bits per heavy atom. The summed E-state index contributed by atoms with van der Waals surface area (Å²) in [5, 5.41) is 3.16. The van der Waals surface area contributed by atoms with Gasteiger partial charge < -0.3 is 5.32 Å². The molecule has 0 rings (SSSR count). The summed E-state index contributed by atoms with van der Waals surface area (Å²) in [6.07, 6.45) is 3.42. The van der Waals surface area contributed by atoms with Crippen molar-refractivity contribution in [1.82, 2.24) is 5.32 Å². The van der Waals surface area contributed by atoms with Gasteiger partial charge in [0.2, 0.25) is 0 Å². The van der Waals surface area contributed by atoms with Crippen LogP contribution in [-0.4, -0.2) is 34.2 Å². The fraction of sp³-hybridized carbons (Fsp3) is 1.00. The maximum atomic E-state index is 11.1. The van der Waals surface area contributed by atoms with E-state index in [1.54, 1.807) is 13.8 Å². The van der Waals surface area contributed by atoms with Gasteiger partial charge in [0, 0.05) is 6.54 Å². The van der Waals surface area contributed by atoms with E-state index in [0.29, 0.717) is 6.54 Å². The molecule has 98 valence electrons. The Bertz CT molecular complexity index is 275. The molecule has 0 amide bonds. The third-order valence-electron chi connectivity index (χ3n) is 2.04. The van der Waals surface area contributed by atoms with Gasteiger partial charge in [-0.05, 0) is 26.8 Å². The average molecular weight is 253 g/mol. The molecule has 0 spiro atoms. The van der Waals surface area contributed by atoms with E-state index in [2.05, 4.69) is 16.4 Å². The molecule has 0 aliphatic rings. The van der Waals surface area contributed by atoms with Crippen LogP contribution >= 0.6 is 0 Å². The van der Waals surface area contributed by atoms with Crippen molar-refractivity contribution in [3.63, 3.8) is 0 Å². The van der Waals surface area contributed by atoms with Crippen LogP contribution in [0, 0.1) is 0 Å². The topological polar surface area (TPSA) is 64.6 Å². The summed E-state index contributed by atoms with van der Waals surface area (Å²) in [6, 6.07) is 0. The third-order valence-corrected chi connectivity index (χ3v) is 3.10. The SMILES string of the molecule is CCCCCNCC(C)(C)OS(=O)(=O)OC. The predicted molar refractivity (Wildman–Crippen MR) is 63.5 cm³/mol. The molecular weight excluding hydrogens is 230 g/mol. The number of hydrogen-bond acceptors (Lipinski definition) is 5. The molecule has 0 saturated heterocycles. The molecule has 0 radical (unpaired) electrons. The number of hydrogen-bond donors (Lipinski definition) is 1. The Kier molecular flexibility index (Phi) is 7.14. The zero-order valence-electron chi connectivity index (χ0n) is 10.6. The van der Waals surface area contributed by atoms with Crippen molar-refractivity contribution in [2.24, 2.45) is 0 Å². The van der Waals surface area contributed by atoms with Crippen molar-refractivity contribution in [2.45, 2.75) is 45.6 Å². The van der Waals surface area contributed by atoms with Crippen LogP contribution < -0.4 is 5.32 Å². The molecule has 0 unspecified atom stereocenters. The first-order valence-corrected chi connectivity index (χ1v) is 6.88. The first-order valence-electron chi connectivity index (χ1n) is 5.55. The Balaban J connectivity index is 3.87. The summed E-state index contributed by atoms with van der Waals surface area (Å²) in [6.45, 7) is 6.89. The van der Waals surface area contributed by atoms with Crippen molar-refractivity contribution in [3.05, 3.63) is 0 Å². The summed E-state index contributed by atoms with van der Waals surface area (Å²) in [7, 11) is -2.78. The lowest BCUT2D eigenvalue weighted by atomic mass is 10.1. The zero-order valence-corrected chi connectivity index (χ0v) is 11.4. The monoisotopic (exact) mass is 253 g/mol. The highest BCUT2D eigenvalue weighted by Crippen LogP contribution is 2.12. The zero-order chi connectivity index (χ0) is 12.7. The summed E-state index contributed by atoms with van der Waals surface area (Å²) < 4.78 is 31.3. The number of rotatable bonds is 9. The Morgan fingerprint density at radius 3 is 2.38 bits per heavy atom. The van der Waals surface area contributed by atoms with Crippen molar-refractivity contribution < 1.29 is 16.8 Å². The summed E-state index contributed by atoms with van der Waals surface area (Å²) in [5.74, 6) is 0. The highest BCUT2D eigenvalue weighted by atomic mass is 32.3. The van der Waals surface area contributed by atoms with Gasteiger partial charge >= 0.3 is 10.4 Å². The van der Waals surface area contributed by atoms with Gasteiger partial charge in [-0.3, -0.25) is 4.18 Å². The highest BCUT2D eigenvalue weighted by Gasteiger charge is 2.26. The molecule has 0 aliphatic carbocycles. The molecule has 5 nitrogen and oxygen atoms in total. The van der Waals surface area contributed by atoms with E-state index in [4.69, 9.17) is 4.18 Å². The molecule has 0 bridgehead atoms. The van der Waals surface area contributed by atoms with Crippen LogP contribution in [-0.2, 0) is 18.8 Å². The van der Waals surface area contributed by atoms with Crippen LogP contribution in [0.4, 0.5) is 0 Å². The molecule has 0 atom stereocenters. The molecule has 0 fully saturated rings. The van der Waals surface area contributed by atoms with E-state index in [9.17, 15) is 8.42 Å². The van der Waals surface area contributed by atoms with Crippen LogP contribution in [0.1, 0.15) is 40.0 Å². The van der Waals surface area contributed by atoms with Gasteiger partial charge in [-0.15, -0.1) is 0 Å². The van der Waals surface area contributed by atoms with Crippen LogP contribution in [0.5, 0.6) is 0 Å². The van der Waals surface area contributed by atoms with Gasteiger partial charge in [-0.1, -0.05) is 19.8 Å². The molecule has 0 aromatic carbocycles. The van der Waals surface area contributed by atoms with Crippen molar-refractivity contribution in [2.75, 3.05) is 20.2 Å². The fourth-order valence-corrected chi connectivity index (χ4v) is 1.91. The van der Waals surface area contributed by atoms with Crippen molar-refractivity contribution >= 4 is 10.4 Å². The Morgan fingerprint density at radius 1 is 1.25 bits per heavy atom. The normalized spacial score (nSPS) is 13.0. The Labute approximate surface area is 98.8 Å². The highest BCUT2D eigenvalue weighted by molar-refractivity contribution is 7.81. The predicted octanol–water partition coefficient (Wildman–Crippen LogP) is 1.45. The lowest BCUT2D eigenvalue weighted by Gasteiger charge is -2.23. The van der Waals surface area contributed by atoms with Gasteiger partial charge in [0.15, 0.2) is 0 Å². The molecule has 0 aliphatic heterocycles. The fourth-order valence-electron chi connectivity index (χ4n) is 1.23. The minimum atomic E-state index is -3.86. The summed E-state index contributed by atoms with van der Waals surface area (Å²) in [4.78, 5) is 0. The lowest BCUT2D eigenvalue weighted by molar-refractivity contribution is 0.0925. The average Bonchev–Trinajstić information content (AvgIpc) is 2.16. The smallest absolute Gasteiger partial charge is 0.314 e. The minimum Gasteiger partial charge on any atom is -0.314 e. The minimum absolute atomic E-state index is 0.472. The van der Waals surface area contributed by atoms with E-state index in [-0.39, 0.29) is 0 Å². The maximum Gasteiger partial charge on any atom is 0.400 e. The van der Waals surface area contributed by atoms with Gasteiger partial charge in [0.25, 0.3) is 0 Å². The van der Waals surface area contributed by atoms with E-state index in [1.165, 1.54) is 12.8 Å². The number of nitrogens with one attached hydrogen (secondary N) is 1. The van der Waals surface area contributed by atoms with Crippen LogP contribution in [0.15, 0.2) is 0 Å². The van der Waals surface area contributed by atoms with E-state index in [0.717, 1.165) is 20.1 Å². The van der Waals surface area contributed by atoms with Crippen LogP contribution in [0.2, 0.25) is 0 Å². The van der Waals surface area contributed by atoms with E-state index >= 15 is 0 Å². The van der Waals surface area contributed by atoms with Gasteiger partial charge in [-0.25, -0.2) is 4.18 Å². The summed E-state index contributed by atoms with van der Waals surface area (Å²) >= 11 is 0. The van der Waals surface area contributed by atoms with Crippen LogP contribution in [0.25, 0.3) is 0 Å². The second-order valence-electron chi connectivity index (χ2n) is 4.30. The maximum absolute atomic E-state index is 11.1. The molecule has 1 N–H and O–H groups in total.